The van der Waals surface area contributed by atoms with Crippen LogP contribution in [0.2, 0.25) is 10.0 Å². The summed E-state index contributed by atoms with van der Waals surface area (Å²) in [7, 11) is -4.19. The Hall–Kier alpha value is -4.23. The number of hydrogen-bond donors (Lipinski definition) is 4. The Morgan fingerprint density at radius 3 is 2.54 bits per heavy atom. The molecule has 0 radical (unpaired) electrons. The van der Waals surface area contributed by atoms with E-state index in [-0.39, 0.29) is 52.9 Å². The summed E-state index contributed by atoms with van der Waals surface area (Å²) in [5.41, 5.74) is 9.18. The second-order valence-corrected chi connectivity index (χ2v) is 14.2. The van der Waals surface area contributed by atoms with Gasteiger partial charge in [0.2, 0.25) is 15.9 Å². The number of rotatable bonds is 12. The Bertz CT molecular complexity index is 2010. The van der Waals surface area contributed by atoms with Gasteiger partial charge in [0.25, 0.3) is 5.91 Å². The molecule has 5 N–H and O–H groups in total. The van der Waals surface area contributed by atoms with Crippen LogP contribution in [-0.2, 0) is 21.4 Å². The Morgan fingerprint density at radius 1 is 1.04 bits per heavy atom. The van der Waals surface area contributed by atoms with Crippen molar-refractivity contribution < 1.29 is 22.7 Å². The summed E-state index contributed by atoms with van der Waals surface area (Å²) in [4.78, 5) is 30.1. The van der Waals surface area contributed by atoms with Gasteiger partial charge in [-0.15, -0.1) is 0 Å². The predicted octanol–water partition coefficient (Wildman–Crippen LogP) is 5.11. The van der Waals surface area contributed by atoms with Crippen LogP contribution in [0, 0.1) is 19.3 Å². The Morgan fingerprint density at radius 2 is 1.77 bits per heavy atom. The maximum atomic E-state index is 13.9. The largest absolute Gasteiger partial charge is 0.487 e. The average Bonchev–Trinajstić information content (AvgIpc) is 3.56. The van der Waals surface area contributed by atoms with Crippen molar-refractivity contribution in [1.29, 1.82) is 5.41 Å². The molecule has 5 rings (SSSR count). The number of nitrogens with one attached hydrogen (secondary N) is 3. The van der Waals surface area contributed by atoms with Gasteiger partial charge in [-0.3, -0.25) is 15.0 Å². The molecule has 0 bridgehead atoms. The van der Waals surface area contributed by atoms with E-state index in [0.29, 0.717) is 47.2 Å². The minimum atomic E-state index is -4.19. The van der Waals surface area contributed by atoms with E-state index < -0.39 is 22.0 Å². The number of amides is 2. The highest BCUT2D eigenvalue weighted by Gasteiger charge is 2.40. The highest BCUT2D eigenvalue weighted by molar-refractivity contribution is 7.89. The second-order valence-electron chi connectivity index (χ2n) is 11.5. The fraction of sp³-hybridized carbons (Fsp3) is 0.294. The van der Waals surface area contributed by atoms with E-state index in [1.54, 1.807) is 24.3 Å². The number of aromatic nitrogens is 1. The van der Waals surface area contributed by atoms with Gasteiger partial charge in [-0.05, 0) is 75.1 Å². The van der Waals surface area contributed by atoms with Gasteiger partial charge in [0, 0.05) is 52.4 Å². The second kappa shape index (κ2) is 14.9. The number of fused-ring (bicyclic) bond motifs is 1. The van der Waals surface area contributed by atoms with Crippen molar-refractivity contribution in [1.82, 2.24) is 19.9 Å². The van der Waals surface area contributed by atoms with Gasteiger partial charge < -0.3 is 21.1 Å². The van der Waals surface area contributed by atoms with Crippen molar-refractivity contribution in [3.05, 3.63) is 98.7 Å². The van der Waals surface area contributed by atoms with Gasteiger partial charge in [0.1, 0.15) is 34.6 Å². The number of aryl methyl sites for hydroxylation is 2. The van der Waals surface area contributed by atoms with Gasteiger partial charge in [0.15, 0.2) is 0 Å². The Labute approximate surface area is 289 Å². The molecule has 14 heteroatoms. The van der Waals surface area contributed by atoms with Crippen LogP contribution >= 0.6 is 23.2 Å². The summed E-state index contributed by atoms with van der Waals surface area (Å²) in [5.74, 6) is -0.388. The summed E-state index contributed by atoms with van der Waals surface area (Å²) in [6.45, 7) is 4.45. The number of nitrogen functional groups attached to an aromatic ring is 1. The van der Waals surface area contributed by atoms with E-state index >= 15 is 0 Å². The molecule has 0 aliphatic carbocycles. The number of ether oxygens (including phenoxy) is 1. The van der Waals surface area contributed by atoms with E-state index in [1.165, 1.54) is 22.5 Å². The lowest BCUT2D eigenvalue weighted by Gasteiger charge is -2.24. The first-order chi connectivity index (χ1) is 22.9. The number of carbonyl (C=O) groups is 2. The van der Waals surface area contributed by atoms with E-state index in [2.05, 4.69) is 15.6 Å². The summed E-state index contributed by atoms with van der Waals surface area (Å²) < 4.78 is 35.1. The summed E-state index contributed by atoms with van der Waals surface area (Å²) in [5, 5.41) is 14.2. The fourth-order valence-electron chi connectivity index (χ4n) is 5.70. The number of carbonyl (C=O) groups excluding carboxylic acids is 2. The lowest BCUT2D eigenvalue weighted by atomic mass is 10.1. The Balaban J connectivity index is 1.22. The topological polar surface area (TPSA) is 168 Å². The average molecular weight is 712 g/mol. The summed E-state index contributed by atoms with van der Waals surface area (Å²) in [6, 6.07) is 15.9. The Kier molecular flexibility index (Phi) is 10.9. The van der Waals surface area contributed by atoms with Crippen LogP contribution in [0.25, 0.3) is 10.9 Å². The normalized spacial score (nSPS) is 15.0. The van der Waals surface area contributed by atoms with Gasteiger partial charge in [-0.25, -0.2) is 13.4 Å². The molecule has 2 amide bonds. The number of pyridine rings is 1. The molecule has 252 valence electrons. The van der Waals surface area contributed by atoms with Gasteiger partial charge >= 0.3 is 0 Å². The van der Waals surface area contributed by atoms with E-state index in [9.17, 15) is 18.0 Å². The van der Waals surface area contributed by atoms with E-state index in [0.717, 1.165) is 16.6 Å². The van der Waals surface area contributed by atoms with Crippen LogP contribution in [0.5, 0.6) is 5.75 Å². The molecule has 0 unspecified atom stereocenters. The van der Waals surface area contributed by atoms with Crippen LogP contribution in [0.15, 0.2) is 65.6 Å². The molecule has 1 aliphatic heterocycles. The number of nitrogens with two attached hydrogens (primary N) is 1. The van der Waals surface area contributed by atoms with Crippen LogP contribution in [0.3, 0.4) is 0 Å². The molecule has 1 aliphatic rings. The molecule has 48 heavy (non-hydrogen) atoms. The highest BCUT2D eigenvalue weighted by atomic mass is 35.5. The van der Waals surface area contributed by atoms with Gasteiger partial charge in [-0.2, -0.15) is 4.31 Å². The van der Waals surface area contributed by atoms with Crippen molar-refractivity contribution in [2.75, 3.05) is 19.6 Å². The summed E-state index contributed by atoms with van der Waals surface area (Å²) in [6.07, 6.45) is 1.27. The van der Waals surface area contributed by atoms with E-state index in [4.69, 9.17) is 39.1 Å². The zero-order valence-electron chi connectivity index (χ0n) is 26.5. The van der Waals surface area contributed by atoms with Crippen molar-refractivity contribution in [2.45, 2.75) is 50.7 Å². The third kappa shape index (κ3) is 7.57. The molecule has 0 spiro atoms. The number of benzene rings is 3. The van der Waals surface area contributed by atoms with Gasteiger partial charge in [-0.1, -0.05) is 47.5 Å². The zero-order chi connectivity index (χ0) is 34.6. The molecule has 2 heterocycles. The number of nitrogens with zero attached hydrogens (tertiary/aromatic N) is 2. The number of para-hydroxylation sites is 1. The number of halogens is 2. The maximum Gasteiger partial charge on any atom is 0.251 e. The molecule has 1 fully saturated rings. The lowest BCUT2D eigenvalue weighted by molar-refractivity contribution is -0.124. The first-order valence-electron chi connectivity index (χ1n) is 15.4. The smallest absolute Gasteiger partial charge is 0.251 e. The minimum absolute atomic E-state index is 0.0707. The monoisotopic (exact) mass is 710 g/mol. The van der Waals surface area contributed by atoms with Crippen molar-refractivity contribution >= 4 is 61.8 Å². The standard InChI is InChI=1S/C34H36Cl2N6O5S/c1-20-17-21(2)41-31-24(20)9-4-11-28(31)47-19-25-26(35)12-13-29(30(25)36)48(45,46)42-16-5-10-27(42)34(44)40-15-6-14-39-33(43)23-8-3-7-22(18-23)32(37)38/h3-4,7-9,11-13,17-18,27H,5-6,10,14-16,19H2,1-2H3,(H3,37,38)(H,39,43)(H,40,44)/t27-/m0/s1. The molecule has 1 aromatic heterocycles. The molecular weight excluding hydrogens is 675 g/mol. The minimum Gasteiger partial charge on any atom is -0.487 e. The molecule has 1 saturated heterocycles. The molecule has 4 aromatic rings. The highest BCUT2D eigenvalue weighted by Crippen LogP contribution is 2.36. The maximum absolute atomic E-state index is 13.9. The first-order valence-corrected chi connectivity index (χ1v) is 17.6. The quantitative estimate of drug-likeness (QED) is 0.0900. The zero-order valence-corrected chi connectivity index (χ0v) is 28.8. The number of sulfonamides is 1. The molecular formula is C34H36Cl2N6O5S. The van der Waals surface area contributed by atoms with Crippen LogP contribution < -0.4 is 21.1 Å². The van der Waals surface area contributed by atoms with E-state index in [1.807, 2.05) is 32.0 Å². The van der Waals surface area contributed by atoms with Crippen molar-refractivity contribution in [3.63, 3.8) is 0 Å². The molecule has 3 aromatic carbocycles. The fourth-order valence-corrected chi connectivity index (χ4v) is 8.22. The molecule has 11 nitrogen and oxygen atoms in total. The third-order valence-electron chi connectivity index (χ3n) is 8.13. The van der Waals surface area contributed by atoms with Crippen molar-refractivity contribution in [2.24, 2.45) is 5.73 Å². The number of amidine groups is 1. The SMILES string of the molecule is Cc1cc(C)c2cccc(OCc3c(Cl)ccc(S(=O)(=O)N4CCC[C@H]4C(=O)NCCCNC(=O)c4cccc(C(=N)N)c4)c3Cl)c2n1. The molecule has 1 atom stereocenters. The summed E-state index contributed by atoms with van der Waals surface area (Å²) >= 11 is 13.2. The predicted molar refractivity (Wildman–Crippen MR) is 186 cm³/mol. The van der Waals surface area contributed by atoms with Crippen LogP contribution in [0.1, 0.15) is 52.0 Å². The van der Waals surface area contributed by atoms with Gasteiger partial charge in [0.05, 0.1) is 5.02 Å². The third-order valence-corrected chi connectivity index (χ3v) is 11.0. The van der Waals surface area contributed by atoms with Crippen LogP contribution in [-0.4, -0.2) is 61.0 Å². The molecule has 0 saturated carbocycles. The van der Waals surface area contributed by atoms with Crippen molar-refractivity contribution in [3.8, 4) is 5.75 Å². The lowest BCUT2D eigenvalue weighted by Crippen LogP contribution is -2.46. The van der Waals surface area contributed by atoms with Crippen LogP contribution in [0.4, 0.5) is 0 Å². The number of hydrogen-bond acceptors (Lipinski definition) is 7. The first kappa shape index (κ1) is 35.1.